The van der Waals surface area contributed by atoms with Crippen LogP contribution in [0.5, 0.6) is 0 Å². The van der Waals surface area contributed by atoms with Gasteiger partial charge in [0.15, 0.2) is 0 Å². The lowest BCUT2D eigenvalue weighted by atomic mass is 10.1. The second-order valence-electron chi connectivity index (χ2n) is 6.39. The molecule has 0 aliphatic carbocycles. The lowest BCUT2D eigenvalue weighted by Gasteiger charge is -2.08. The van der Waals surface area contributed by atoms with Gasteiger partial charge in [0.05, 0.1) is 12.3 Å². The van der Waals surface area contributed by atoms with Crippen LogP contribution in [0.25, 0.3) is 21.8 Å². The Morgan fingerprint density at radius 2 is 1.96 bits per heavy atom. The van der Waals surface area contributed by atoms with E-state index in [0.717, 1.165) is 34.0 Å². The second kappa shape index (κ2) is 6.69. The van der Waals surface area contributed by atoms with E-state index in [4.69, 9.17) is 4.74 Å². The summed E-state index contributed by atoms with van der Waals surface area (Å²) in [6, 6.07) is 15.8. The molecule has 2 heterocycles. The van der Waals surface area contributed by atoms with Crippen molar-refractivity contribution in [3.8, 4) is 0 Å². The molecule has 0 spiro atoms. The van der Waals surface area contributed by atoms with Crippen molar-refractivity contribution in [2.45, 2.75) is 6.54 Å². The van der Waals surface area contributed by atoms with Gasteiger partial charge < -0.3 is 19.2 Å². The summed E-state index contributed by atoms with van der Waals surface area (Å²) in [5.41, 5.74) is 3.66. The van der Waals surface area contributed by atoms with Crippen molar-refractivity contribution in [3.05, 3.63) is 66.5 Å². The van der Waals surface area contributed by atoms with Crippen LogP contribution in [-0.2, 0) is 18.3 Å². The molecule has 26 heavy (non-hydrogen) atoms. The number of benzene rings is 2. The minimum atomic E-state index is -0.104. The molecule has 2 aromatic heterocycles. The van der Waals surface area contributed by atoms with E-state index in [-0.39, 0.29) is 5.91 Å². The molecule has 0 aliphatic heterocycles. The van der Waals surface area contributed by atoms with Crippen molar-refractivity contribution in [2.24, 2.45) is 7.05 Å². The SMILES string of the molecule is COCCn1ccc2cc(C(=O)Nc3cccc4c3ccn4C)ccc21. The highest BCUT2D eigenvalue weighted by Gasteiger charge is 2.11. The first-order chi connectivity index (χ1) is 12.7. The predicted octanol–water partition coefficient (Wildman–Crippen LogP) is 4.03. The molecule has 5 nitrogen and oxygen atoms in total. The minimum Gasteiger partial charge on any atom is -0.383 e. The molecule has 1 N–H and O–H groups in total. The normalized spacial score (nSPS) is 11.3. The molecule has 0 fully saturated rings. The molecular weight excluding hydrogens is 326 g/mol. The Hall–Kier alpha value is -3.05. The number of hydrogen-bond acceptors (Lipinski definition) is 2. The average molecular weight is 347 g/mol. The van der Waals surface area contributed by atoms with Gasteiger partial charge in [-0.2, -0.15) is 0 Å². The number of aromatic nitrogens is 2. The maximum Gasteiger partial charge on any atom is 0.255 e. The number of amides is 1. The van der Waals surface area contributed by atoms with Crippen LogP contribution in [0.15, 0.2) is 60.9 Å². The summed E-state index contributed by atoms with van der Waals surface area (Å²) in [7, 11) is 3.69. The van der Waals surface area contributed by atoms with Crippen molar-refractivity contribution in [2.75, 3.05) is 19.0 Å². The van der Waals surface area contributed by atoms with Gasteiger partial charge in [0.1, 0.15) is 0 Å². The fraction of sp³-hybridized carbons (Fsp3) is 0.190. The molecule has 0 radical (unpaired) electrons. The summed E-state index contributed by atoms with van der Waals surface area (Å²) < 4.78 is 9.31. The minimum absolute atomic E-state index is 0.104. The van der Waals surface area contributed by atoms with Crippen LogP contribution in [0.1, 0.15) is 10.4 Å². The molecule has 5 heteroatoms. The Labute approximate surface area is 151 Å². The first-order valence-electron chi connectivity index (χ1n) is 8.60. The Kier molecular flexibility index (Phi) is 4.22. The zero-order valence-electron chi connectivity index (χ0n) is 14.9. The third-order valence-electron chi connectivity index (χ3n) is 4.75. The van der Waals surface area contributed by atoms with Gasteiger partial charge in [-0.15, -0.1) is 0 Å². The van der Waals surface area contributed by atoms with Crippen LogP contribution in [0.3, 0.4) is 0 Å². The fourth-order valence-electron chi connectivity index (χ4n) is 3.33. The van der Waals surface area contributed by atoms with E-state index in [2.05, 4.69) is 9.88 Å². The van der Waals surface area contributed by atoms with Crippen LogP contribution in [0.2, 0.25) is 0 Å². The van der Waals surface area contributed by atoms with Crippen LogP contribution in [-0.4, -0.2) is 28.8 Å². The molecule has 1 amide bonds. The van der Waals surface area contributed by atoms with Gasteiger partial charge in [-0.05, 0) is 42.5 Å². The van der Waals surface area contributed by atoms with Crippen molar-refractivity contribution in [3.63, 3.8) is 0 Å². The second-order valence-corrected chi connectivity index (χ2v) is 6.39. The molecule has 2 aromatic carbocycles. The molecule has 4 aromatic rings. The molecular formula is C21H21N3O2. The molecule has 0 aliphatic rings. The highest BCUT2D eigenvalue weighted by Crippen LogP contribution is 2.25. The number of fused-ring (bicyclic) bond motifs is 2. The Morgan fingerprint density at radius 3 is 2.81 bits per heavy atom. The lowest BCUT2D eigenvalue weighted by molar-refractivity contribution is 0.102. The molecule has 132 valence electrons. The molecule has 0 bridgehead atoms. The fourth-order valence-corrected chi connectivity index (χ4v) is 3.33. The zero-order valence-corrected chi connectivity index (χ0v) is 14.9. The van der Waals surface area contributed by atoms with E-state index in [9.17, 15) is 4.79 Å². The number of nitrogens with zero attached hydrogens (tertiary/aromatic N) is 2. The molecule has 4 rings (SSSR count). The van der Waals surface area contributed by atoms with Gasteiger partial charge in [-0.25, -0.2) is 0 Å². The maximum absolute atomic E-state index is 12.7. The van der Waals surface area contributed by atoms with E-state index in [1.165, 1.54) is 0 Å². The summed E-state index contributed by atoms with van der Waals surface area (Å²) in [4.78, 5) is 12.7. The van der Waals surface area contributed by atoms with Gasteiger partial charge in [-0.3, -0.25) is 4.79 Å². The molecule has 0 unspecified atom stereocenters. The van der Waals surface area contributed by atoms with Crippen LogP contribution >= 0.6 is 0 Å². The maximum atomic E-state index is 12.7. The number of carbonyl (C=O) groups is 1. The number of hydrogen-bond donors (Lipinski definition) is 1. The van der Waals surface area contributed by atoms with Crippen molar-refractivity contribution in [1.82, 2.24) is 9.13 Å². The van der Waals surface area contributed by atoms with Crippen LogP contribution in [0.4, 0.5) is 5.69 Å². The number of methoxy groups -OCH3 is 1. The summed E-state index contributed by atoms with van der Waals surface area (Å²) in [6.07, 6.45) is 4.02. The third-order valence-corrected chi connectivity index (χ3v) is 4.75. The summed E-state index contributed by atoms with van der Waals surface area (Å²) in [6.45, 7) is 1.45. The van der Waals surface area contributed by atoms with E-state index >= 15 is 0 Å². The summed E-state index contributed by atoms with van der Waals surface area (Å²) in [5, 5.41) is 5.13. The first kappa shape index (κ1) is 16.4. The quantitative estimate of drug-likeness (QED) is 0.592. The van der Waals surface area contributed by atoms with Gasteiger partial charge in [0.2, 0.25) is 0 Å². The van der Waals surface area contributed by atoms with Crippen LogP contribution in [0, 0.1) is 0 Å². The molecule has 0 atom stereocenters. The average Bonchev–Trinajstić information content (AvgIpc) is 3.24. The van der Waals surface area contributed by atoms with Crippen LogP contribution < -0.4 is 5.32 Å². The molecule has 0 saturated carbocycles. The number of carbonyl (C=O) groups excluding carboxylic acids is 1. The van der Waals surface area contributed by atoms with E-state index in [0.29, 0.717) is 12.2 Å². The zero-order chi connectivity index (χ0) is 18.1. The van der Waals surface area contributed by atoms with Crippen molar-refractivity contribution >= 4 is 33.4 Å². The highest BCUT2D eigenvalue weighted by atomic mass is 16.5. The molecule has 0 saturated heterocycles. The Bertz CT molecular complexity index is 1090. The standard InChI is InChI=1S/C21H21N3O2/c1-23-10-9-17-18(4-3-5-20(17)23)22-21(25)16-6-7-19-15(14-16)8-11-24(19)12-13-26-2/h3-11,14H,12-13H2,1-2H3,(H,22,25). The first-order valence-corrected chi connectivity index (χ1v) is 8.60. The van der Waals surface area contributed by atoms with Crippen molar-refractivity contribution in [1.29, 1.82) is 0 Å². The summed E-state index contributed by atoms with van der Waals surface area (Å²) in [5.74, 6) is -0.104. The third kappa shape index (κ3) is 2.86. The van der Waals surface area contributed by atoms with Gasteiger partial charge in [-0.1, -0.05) is 6.07 Å². The van der Waals surface area contributed by atoms with Gasteiger partial charge >= 0.3 is 0 Å². The monoisotopic (exact) mass is 347 g/mol. The van der Waals surface area contributed by atoms with E-state index in [1.807, 2.05) is 72.5 Å². The largest absolute Gasteiger partial charge is 0.383 e. The topological polar surface area (TPSA) is 48.2 Å². The Morgan fingerprint density at radius 1 is 1.08 bits per heavy atom. The van der Waals surface area contributed by atoms with E-state index < -0.39 is 0 Å². The predicted molar refractivity (Wildman–Crippen MR) is 105 cm³/mol. The number of rotatable bonds is 5. The number of nitrogens with one attached hydrogen (secondary N) is 1. The lowest BCUT2D eigenvalue weighted by Crippen LogP contribution is -2.12. The van der Waals surface area contributed by atoms with E-state index in [1.54, 1.807) is 7.11 Å². The number of aryl methyl sites for hydroxylation is 1. The number of ether oxygens (including phenoxy) is 1. The smallest absolute Gasteiger partial charge is 0.255 e. The highest BCUT2D eigenvalue weighted by molar-refractivity contribution is 6.10. The van der Waals surface area contributed by atoms with Gasteiger partial charge in [0.25, 0.3) is 5.91 Å². The van der Waals surface area contributed by atoms with Crippen molar-refractivity contribution < 1.29 is 9.53 Å². The Balaban J connectivity index is 1.61. The summed E-state index contributed by atoms with van der Waals surface area (Å²) >= 11 is 0. The number of anilines is 1. The van der Waals surface area contributed by atoms with Gasteiger partial charge in [0, 0.05) is 60.5 Å².